The molecule has 34 heavy (non-hydrogen) atoms. The fourth-order valence-corrected chi connectivity index (χ4v) is 6.77. The summed E-state index contributed by atoms with van der Waals surface area (Å²) in [6, 6.07) is 5.32. The molecule has 0 amide bonds. The predicted molar refractivity (Wildman–Crippen MR) is 128 cm³/mol. The number of alkyl halides is 3. The van der Waals surface area contributed by atoms with Gasteiger partial charge >= 0.3 is 6.18 Å². The molecule has 1 aliphatic heterocycles. The van der Waals surface area contributed by atoms with Crippen LogP contribution in [-0.2, 0) is 11.0 Å². The SMILES string of the molecule is C=C(C1=C(C(C)C)NC2=C(C(=O)CC3(CCC3)C2)C1C1CCCC1)c1ccc(C(F)(F)F)cc1. The van der Waals surface area contributed by atoms with E-state index < -0.39 is 11.7 Å². The molecule has 0 radical (unpaired) electrons. The normalized spacial score (nSPS) is 25.0. The molecule has 1 aromatic carbocycles. The number of carbonyl (C=O) groups is 1. The molecule has 2 saturated carbocycles. The highest BCUT2D eigenvalue weighted by Crippen LogP contribution is 2.56. The number of halogens is 3. The lowest BCUT2D eigenvalue weighted by Gasteiger charge is -2.49. The molecule has 1 aromatic rings. The molecule has 0 bridgehead atoms. The zero-order valence-corrected chi connectivity index (χ0v) is 20.2. The number of benzene rings is 1. The van der Waals surface area contributed by atoms with Crippen LogP contribution in [0.3, 0.4) is 0 Å². The van der Waals surface area contributed by atoms with Gasteiger partial charge in [0.25, 0.3) is 0 Å². The Kier molecular flexibility index (Phi) is 5.81. The van der Waals surface area contributed by atoms with E-state index in [-0.39, 0.29) is 23.0 Å². The number of hydrogen-bond acceptors (Lipinski definition) is 2. The van der Waals surface area contributed by atoms with Gasteiger partial charge in [0.2, 0.25) is 0 Å². The second-order valence-corrected chi connectivity index (χ2v) is 11.2. The summed E-state index contributed by atoms with van der Waals surface area (Å²) in [6.07, 6.45) is 5.12. The average Bonchev–Trinajstić information content (AvgIpc) is 3.30. The van der Waals surface area contributed by atoms with Crippen LogP contribution >= 0.6 is 0 Å². The maximum atomic E-state index is 13.7. The molecule has 0 saturated heterocycles. The van der Waals surface area contributed by atoms with E-state index in [1.165, 1.54) is 18.6 Å². The molecular formula is C29H34F3NO. The third kappa shape index (κ3) is 3.95. The number of dihydropyridines is 1. The maximum absolute atomic E-state index is 13.7. The number of hydrogen-bond donors (Lipinski definition) is 1. The minimum absolute atomic E-state index is 0.0177. The number of Topliss-reactive ketones (excluding diaryl/α,β-unsaturated/α-hetero) is 1. The van der Waals surface area contributed by atoms with Crippen molar-refractivity contribution in [1.29, 1.82) is 0 Å². The van der Waals surface area contributed by atoms with Crippen LogP contribution in [0.5, 0.6) is 0 Å². The van der Waals surface area contributed by atoms with Crippen molar-refractivity contribution in [3.05, 3.63) is 64.5 Å². The Bertz CT molecular complexity index is 1060. The Morgan fingerprint density at radius 1 is 1.06 bits per heavy atom. The first-order valence-corrected chi connectivity index (χ1v) is 12.7. The van der Waals surface area contributed by atoms with Crippen LogP contribution in [0.4, 0.5) is 13.2 Å². The molecule has 182 valence electrons. The van der Waals surface area contributed by atoms with E-state index >= 15 is 0 Å². The van der Waals surface area contributed by atoms with Gasteiger partial charge in [0.15, 0.2) is 5.78 Å². The molecule has 3 aliphatic carbocycles. The summed E-state index contributed by atoms with van der Waals surface area (Å²) >= 11 is 0. The highest BCUT2D eigenvalue weighted by atomic mass is 19.4. The summed E-state index contributed by atoms with van der Waals surface area (Å²) < 4.78 is 39.4. The van der Waals surface area contributed by atoms with E-state index in [9.17, 15) is 18.0 Å². The molecule has 2 fully saturated rings. The Hall–Kier alpha value is -2.30. The first-order valence-electron chi connectivity index (χ1n) is 12.7. The van der Waals surface area contributed by atoms with Gasteiger partial charge in [-0.15, -0.1) is 0 Å². The summed E-state index contributed by atoms with van der Waals surface area (Å²) in [6.45, 7) is 8.68. The fraction of sp³-hybridized carbons (Fsp3) is 0.552. The van der Waals surface area contributed by atoms with Crippen LogP contribution < -0.4 is 5.32 Å². The Labute approximate surface area is 200 Å². The van der Waals surface area contributed by atoms with Gasteiger partial charge in [-0.25, -0.2) is 0 Å². The van der Waals surface area contributed by atoms with Crippen molar-refractivity contribution >= 4 is 11.4 Å². The molecule has 4 aliphatic rings. The first-order chi connectivity index (χ1) is 16.1. The van der Waals surface area contributed by atoms with E-state index in [1.54, 1.807) is 0 Å². The van der Waals surface area contributed by atoms with Crippen LogP contribution in [-0.4, -0.2) is 5.78 Å². The van der Waals surface area contributed by atoms with Crippen LogP contribution in [0, 0.1) is 23.2 Å². The van der Waals surface area contributed by atoms with E-state index in [0.717, 1.165) is 85.2 Å². The Balaban J connectivity index is 1.59. The summed E-state index contributed by atoms with van der Waals surface area (Å²) in [7, 11) is 0. The monoisotopic (exact) mass is 469 g/mol. The summed E-state index contributed by atoms with van der Waals surface area (Å²) in [5.41, 5.74) is 5.08. The second-order valence-electron chi connectivity index (χ2n) is 11.2. The predicted octanol–water partition coefficient (Wildman–Crippen LogP) is 7.83. The maximum Gasteiger partial charge on any atom is 0.416 e. The zero-order valence-electron chi connectivity index (χ0n) is 20.2. The molecule has 0 aromatic heterocycles. The minimum Gasteiger partial charge on any atom is -0.361 e. The molecule has 1 heterocycles. The summed E-state index contributed by atoms with van der Waals surface area (Å²) in [4.78, 5) is 13.7. The molecule has 1 N–H and O–H groups in total. The first kappa shape index (κ1) is 23.4. The number of nitrogens with one attached hydrogen (secondary N) is 1. The molecule has 2 nitrogen and oxygen atoms in total. The van der Waals surface area contributed by atoms with Crippen molar-refractivity contribution in [3.8, 4) is 0 Å². The number of allylic oxidation sites excluding steroid dienone is 5. The van der Waals surface area contributed by atoms with Gasteiger partial charge in [-0.05, 0) is 78.2 Å². The smallest absolute Gasteiger partial charge is 0.361 e. The van der Waals surface area contributed by atoms with Crippen molar-refractivity contribution in [2.24, 2.45) is 23.2 Å². The minimum atomic E-state index is -4.37. The highest BCUT2D eigenvalue weighted by Gasteiger charge is 2.49. The molecule has 5 rings (SSSR count). The van der Waals surface area contributed by atoms with Crippen molar-refractivity contribution in [1.82, 2.24) is 5.32 Å². The lowest BCUT2D eigenvalue weighted by molar-refractivity contribution is -0.137. The lowest BCUT2D eigenvalue weighted by atomic mass is 9.57. The standard InChI is InChI=1S/C29H34F3NO/c1-17(2)27-24(18(3)19-9-11-21(12-10-19)29(30,31)32)25(20-7-4-5-8-20)26-22(33-27)15-28(13-6-14-28)16-23(26)34/h9-12,17,20,25,33H,3-8,13-16H2,1-2H3. The van der Waals surface area contributed by atoms with E-state index in [0.29, 0.717) is 17.9 Å². The van der Waals surface area contributed by atoms with Crippen LogP contribution in [0.2, 0.25) is 0 Å². The van der Waals surface area contributed by atoms with E-state index in [2.05, 4.69) is 25.7 Å². The summed E-state index contributed by atoms with van der Waals surface area (Å²) in [5.74, 6) is 0.816. The second kappa shape index (κ2) is 8.42. The lowest BCUT2D eigenvalue weighted by Crippen LogP contribution is -2.45. The van der Waals surface area contributed by atoms with Crippen molar-refractivity contribution in [2.75, 3.05) is 0 Å². The van der Waals surface area contributed by atoms with Crippen LogP contribution in [0.25, 0.3) is 5.57 Å². The van der Waals surface area contributed by atoms with Gasteiger partial charge in [-0.2, -0.15) is 13.2 Å². The third-order valence-electron chi connectivity index (χ3n) is 8.66. The Morgan fingerprint density at radius 3 is 2.24 bits per heavy atom. The van der Waals surface area contributed by atoms with Gasteiger partial charge < -0.3 is 5.32 Å². The number of ketones is 1. The highest BCUT2D eigenvalue weighted by molar-refractivity contribution is 6.00. The van der Waals surface area contributed by atoms with Crippen molar-refractivity contribution in [2.45, 2.75) is 77.8 Å². The van der Waals surface area contributed by atoms with Crippen LogP contribution in [0.1, 0.15) is 82.8 Å². The van der Waals surface area contributed by atoms with E-state index in [4.69, 9.17) is 0 Å². The van der Waals surface area contributed by atoms with Gasteiger partial charge in [-0.3, -0.25) is 4.79 Å². The molecule has 5 heteroatoms. The summed E-state index contributed by atoms with van der Waals surface area (Å²) in [5, 5.41) is 3.70. The van der Waals surface area contributed by atoms with Crippen molar-refractivity contribution in [3.63, 3.8) is 0 Å². The van der Waals surface area contributed by atoms with Crippen LogP contribution in [0.15, 0.2) is 53.4 Å². The quantitative estimate of drug-likeness (QED) is 0.487. The molecular weight excluding hydrogens is 435 g/mol. The fourth-order valence-electron chi connectivity index (χ4n) is 6.77. The third-order valence-corrected chi connectivity index (χ3v) is 8.66. The van der Waals surface area contributed by atoms with Gasteiger partial charge in [0, 0.05) is 29.3 Å². The van der Waals surface area contributed by atoms with Gasteiger partial charge in [0.05, 0.1) is 5.56 Å². The van der Waals surface area contributed by atoms with Gasteiger partial charge in [0.1, 0.15) is 0 Å². The Morgan fingerprint density at radius 2 is 1.71 bits per heavy atom. The van der Waals surface area contributed by atoms with Gasteiger partial charge in [-0.1, -0.05) is 51.8 Å². The number of rotatable bonds is 4. The largest absolute Gasteiger partial charge is 0.416 e. The molecule has 1 atom stereocenters. The zero-order chi connectivity index (χ0) is 24.3. The van der Waals surface area contributed by atoms with Crippen molar-refractivity contribution < 1.29 is 18.0 Å². The topological polar surface area (TPSA) is 29.1 Å². The average molecular weight is 470 g/mol. The van der Waals surface area contributed by atoms with E-state index in [1.807, 2.05) is 0 Å². The molecule has 1 spiro atoms. The molecule has 1 unspecified atom stereocenters. The number of carbonyl (C=O) groups excluding carboxylic acids is 1.